The van der Waals surface area contributed by atoms with Gasteiger partial charge in [0, 0.05) is 24.2 Å². The van der Waals surface area contributed by atoms with Crippen molar-refractivity contribution in [2.24, 2.45) is 0 Å². The van der Waals surface area contributed by atoms with E-state index in [1.165, 1.54) is 0 Å². The lowest BCUT2D eigenvalue weighted by atomic mass is 9.97. The Kier molecular flexibility index (Phi) is 5.06. The molecule has 0 radical (unpaired) electrons. The molecule has 0 unspecified atom stereocenters. The van der Waals surface area contributed by atoms with Crippen molar-refractivity contribution < 1.29 is 14.7 Å². The Morgan fingerprint density at radius 2 is 1.54 bits per heavy atom. The fourth-order valence-corrected chi connectivity index (χ4v) is 3.06. The largest absolute Gasteiger partial charge is 0.393 e. The summed E-state index contributed by atoms with van der Waals surface area (Å²) < 4.78 is 0. The van der Waals surface area contributed by atoms with Gasteiger partial charge in [-0.1, -0.05) is 48.5 Å². The highest BCUT2D eigenvalue weighted by Gasteiger charge is 2.24. The summed E-state index contributed by atoms with van der Waals surface area (Å²) in [5.74, 6) is -0.279. The molecule has 1 aliphatic heterocycles. The van der Waals surface area contributed by atoms with Gasteiger partial charge in [-0.05, 0) is 25.3 Å². The normalized spacial score (nSPS) is 18.0. The molecule has 1 N–H and O–H groups in total. The molecule has 1 amide bonds. The maximum Gasteiger partial charge on any atom is 0.254 e. The second-order valence-corrected chi connectivity index (χ2v) is 6.12. The third-order valence-corrected chi connectivity index (χ3v) is 4.42. The number of carbonyl (C=O) groups is 2. The van der Waals surface area contributed by atoms with Gasteiger partial charge < -0.3 is 10.0 Å². The molecule has 4 nitrogen and oxygen atoms in total. The number of hydrogen-bond acceptors (Lipinski definition) is 3. The molecule has 3 rings (SSSR count). The number of aliphatic hydroxyl groups is 1. The first-order valence-electron chi connectivity index (χ1n) is 8.33. The molecule has 124 valence electrons. The Bertz CT molecular complexity index is 727. The van der Waals surface area contributed by atoms with Gasteiger partial charge in [0.15, 0.2) is 5.78 Å². The van der Waals surface area contributed by atoms with Gasteiger partial charge in [0.1, 0.15) is 0 Å². The number of likely N-dealkylation sites (tertiary alicyclic amines) is 1. The predicted octanol–water partition coefficient (Wildman–Crippen LogP) is 2.90. The third-order valence-electron chi connectivity index (χ3n) is 4.42. The van der Waals surface area contributed by atoms with Gasteiger partial charge in [-0.2, -0.15) is 0 Å². The monoisotopic (exact) mass is 323 g/mol. The van der Waals surface area contributed by atoms with Gasteiger partial charge >= 0.3 is 0 Å². The highest BCUT2D eigenvalue weighted by molar-refractivity contribution is 6.15. The maximum atomic E-state index is 12.9. The number of ketones is 1. The molecule has 0 spiro atoms. The van der Waals surface area contributed by atoms with E-state index in [0.717, 1.165) is 6.42 Å². The van der Waals surface area contributed by atoms with Gasteiger partial charge in [0.25, 0.3) is 5.91 Å². The summed E-state index contributed by atoms with van der Waals surface area (Å²) in [7, 11) is 0. The van der Waals surface area contributed by atoms with Crippen LogP contribution in [0.4, 0.5) is 0 Å². The number of carbonyl (C=O) groups excluding carboxylic acids is 2. The van der Waals surface area contributed by atoms with Crippen molar-refractivity contribution in [1.82, 2.24) is 4.90 Å². The van der Waals surface area contributed by atoms with E-state index in [4.69, 9.17) is 0 Å². The number of benzene rings is 2. The van der Waals surface area contributed by atoms with Crippen molar-refractivity contribution in [1.29, 1.82) is 0 Å². The topological polar surface area (TPSA) is 57.6 Å². The van der Waals surface area contributed by atoms with E-state index >= 15 is 0 Å². The Morgan fingerprint density at radius 3 is 2.29 bits per heavy atom. The van der Waals surface area contributed by atoms with Crippen LogP contribution in [0.5, 0.6) is 0 Å². The Morgan fingerprint density at radius 1 is 0.875 bits per heavy atom. The van der Waals surface area contributed by atoms with Crippen LogP contribution in [0.15, 0.2) is 54.6 Å². The first kappa shape index (κ1) is 16.4. The lowest BCUT2D eigenvalue weighted by Gasteiger charge is -2.21. The molecule has 0 saturated carbocycles. The molecule has 4 heteroatoms. The number of hydrogen-bond donors (Lipinski definition) is 1. The molecule has 24 heavy (non-hydrogen) atoms. The molecule has 1 saturated heterocycles. The molecule has 2 aromatic carbocycles. The van der Waals surface area contributed by atoms with Gasteiger partial charge in [-0.15, -0.1) is 0 Å². The second kappa shape index (κ2) is 7.41. The van der Waals surface area contributed by atoms with E-state index in [9.17, 15) is 14.7 Å². The van der Waals surface area contributed by atoms with Crippen LogP contribution in [0.1, 0.15) is 45.5 Å². The van der Waals surface area contributed by atoms with Gasteiger partial charge in [0.2, 0.25) is 0 Å². The Labute approximate surface area is 141 Å². The van der Waals surface area contributed by atoms with Crippen molar-refractivity contribution in [3.05, 3.63) is 71.3 Å². The molecule has 0 bridgehead atoms. The number of amides is 1. The van der Waals surface area contributed by atoms with E-state index in [-0.39, 0.29) is 17.8 Å². The molecule has 2 aromatic rings. The summed E-state index contributed by atoms with van der Waals surface area (Å²) in [6.45, 7) is 1.14. The molecule has 1 aliphatic rings. The van der Waals surface area contributed by atoms with Crippen molar-refractivity contribution in [2.45, 2.75) is 25.4 Å². The van der Waals surface area contributed by atoms with E-state index in [2.05, 4.69) is 0 Å². The molecule has 1 fully saturated rings. The Hall–Kier alpha value is -2.46. The van der Waals surface area contributed by atoms with Crippen LogP contribution in [-0.4, -0.2) is 40.9 Å². The van der Waals surface area contributed by atoms with Crippen molar-refractivity contribution in [3.63, 3.8) is 0 Å². The summed E-state index contributed by atoms with van der Waals surface area (Å²) in [5.41, 5.74) is 1.44. The van der Waals surface area contributed by atoms with E-state index < -0.39 is 0 Å². The Balaban J connectivity index is 1.89. The second-order valence-electron chi connectivity index (χ2n) is 6.12. The van der Waals surface area contributed by atoms with Crippen LogP contribution in [0.3, 0.4) is 0 Å². The number of nitrogens with zero attached hydrogens (tertiary/aromatic N) is 1. The lowest BCUT2D eigenvalue weighted by molar-refractivity contribution is 0.0749. The lowest BCUT2D eigenvalue weighted by Crippen LogP contribution is -2.33. The molecule has 0 aliphatic carbocycles. The average Bonchev–Trinajstić information content (AvgIpc) is 2.86. The maximum absolute atomic E-state index is 12.9. The number of rotatable bonds is 3. The van der Waals surface area contributed by atoms with E-state index in [1.807, 2.05) is 18.2 Å². The molecule has 0 aromatic heterocycles. The minimum Gasteiger partial charge on any atom is -0.393 e. The van der Waals surface area contributed by atoms with Crippen LogP contribution in [0.2, 0.25) is 0 Å². The fraction of sp³-hybridized carbons (Fsp3) is 0.300. The molecule has 1 heterocycles. The average molecular weight is 323 g/mol. The quantitative estimate of drug-likeness (QED) is 0.884. The van der Waals surface area contributed by atoms with Gasteiger partial charge in [-0.25, -0.2) is 0 Å². The standard InChI is InChI=1S/C20H21NO3/c22-16-9-6-13-21(14-12-16)20(24)18-11-5-4-10-17(18)19(23)15-7-2-1-3-8-15/h1-5,7-8,10-11,16,22H,6,9,12-14H2/t16-/m1/s1. The van der Waals surface area contributed by atoms with Crippen molar-refractivity contribution >= 4 is 11.7 Å². The zero-order valence-electron chi connectivity index (χ0n) is 13.5. The zero-order valence-corrected chi connectivity index (χ0v) is 13.5. The predicted molar refractivity (Wildman–Crippen MR) is 92.1 cm³/mol. The van der Waals surface area contributed by atoms with Crippen LogP contribution in [-0.2, 0) is 0 Å². The minimum absolute atomic E-state index is 0.135. The first-order valence-corrected chi connectivity index (χ1v) is 8.33. The number of aliphatic hydroxyl groups excluding tert-OH is 1. The van der Waals surface area contributed by atoms with Crippen LogP contribution >= 0.6 is 0 Å². The van der Waals surface area contributed by atoms with Crippen LogP contribution in [0.25, 0.3) is 0 Å². The fourth-order valence-electron chi connectivity index (χ4n) is 3.06. The summed E-state index contributed by atoms with van der Waals surface area (Å²) in [4.78, 5) is 27.4. The van der Waals surface area contributed by atoms with E-state index in [1.54, 1.807) is 41.3 Å². The van der Waals surface area contributed by atoms with Gasteiger partial charge in [-0.3, -0.25) is 9.59 Å². The highest BCUT2D eigenvalue weighted by Crippen LogP contribution is 2.19. The summed E-state index contributed by atoms with van der Waals surface area (Å²) >= 11 is 0. The summed E-state index contributed by atoms with van der Waals surface area (Å²) in [5, 5.41) is 9.76. The van der Waals surface area contributed by atoms with Gasteiger partial charge in [0.05, 0.1) is 11.7 Å². The van der Waals surface area contributed by atoms with Crippen LogP contribution < -0.4 is 0 Å². The SMILES string of the molecule is O=C(c1ccccc1)c1ccccc1C(=O)N1CCC[C@@H](O)CC1. The zero-order chi connectivity index (χ0) is 16.9. The minimum atomic E-state index is -0.344. The van der Waals surface area contributed by atoms with E-state index in [0.29, 0.717) is 42.6 Å². The third kappa shape index (κ3) is 3.54. The molecule has 1 atom stereocenters. The van der Waals surface area contributed by atoms with Crippen molar-refractivity contribution in [3.8, 4) is 0 Å². The van der Waals surface area contributed by atoms with Crippen LogP contribution in [0, 0.1) is 0 Å². The smallest absolute Gasteiger partial charge is 0.254 e. The summed E-state index contributed by atoms with van der Waals surface area (Å²) in [6.07, 6.45) is 1.74. The summed E-state index contributed by atoms with van der Waals surface area (Å²) in [6, 6.07) is 16.0. The van der Waals surface area contributed by atoms with Crippen molar-refractivity contribution in [2.75, 3.05) is 13.1 Å². The highest BCUT2D eigenvalue weighted by atomic mass is 16.3. The first-order chi connectivity index (χ1) is 11.7. The molecular formula is C20H21NO3. The molecular weight excluding hydrogens is 302 g/mol.